The summed E-state index contributed by atoms with van der Waals surface area (Å²) < 4.78 is 34.1. The zero-order valence-corrected chi connectivity index (χ0v) is 19.3. The highest BCUT2D eigenvalue weighted by atomic mass is 32.2. The zero-order valence-electron chi connectivity index (χ0n) is 18.5. The van der Waals surface area contributed by atoms with Gasteiger partial charge in [0.15, 0.2) is 0 Å². The van der Waals surface area contributed by atoms with E-state index in [1.807, 2.05) is 44.2 Å². The molecule has 1 heterocycles. The third kappa shape index (κ3) is 4.56. The van der Waals surface area contributed by atoms with Gasteiger partial charge in [-0.15, -0.1) is 0 Å². The van der Waals surface area contributed by atoms with Crippen LogP contribution in [0.25, 0.3) is 0 Å². The molecule has 0 atom stereocenters. The van der Waals surface area contributed by atoms with Gasteiger partial charge in [0, 0.05) is 6.04 Å². The van der Waals surface area contributed by atoms with Crippen LogP contribution >= 0.6 is 0 Å². The number of hydrogen-bond acceptors (Lipinski definition) is 5. The molecule has 170 valence electrons. The molecule has 0 aromatic heterocycles. The summed E-state index contributed by atoms with van der Waals surface area (Å²) in [5.74, 6) is 0.688. The first-order chi connectivity index (χ1) is 15.3. The first-order valence-corrected chi connectivity index (χ1v) is 12.5. The van der Waals surface area contributed by atoms with E-state index >= 15 is 0 Å². The number of sulfonamides is 1. The van der Waals surface area contributed by atoms with Gasteiger partial charge in [-0.3, -0.25) is 14.7 Å². The van der Waals surface area contributed by atoms with Crippen molar-refractivity contribution in [1.82, 2.24) is 9.62 Å². The fourth-order valence-electron chi connectivity index (χ4n) is 4.40. The molecule has 1 spiro atoms. The second-order valence-electron chi connectivity index (χ2n) is 8.45. The van der Waals surface area contributed by atoms with E-state index in [0.717, 1.165) is 11.1 Å². The maximum absolute atomic E-state index is 13.1. The number of amides is 1. The Morgan fingerprint density at radius 3 is 2.53 bits per heavy atom. The summed E-state index contributed by atoms with van der Waals surface area (Å²) in [6.07, 6.45) is 3.84. The predicted molar refractivity (Wildman–Crippen MR) is 123 cm³/mol. The van der Waals surface area contributed by atoms with E-state index in [2.05, 4.69) is 9.71 Å². The van der Waals surface area contributed by atoms with E-state index in [1.165, 1.54) is 0 Å². The largest absolute Gasteiger partial charge is 0.494 e. The molecule has 0 unspecified atom stereocenters. The lowest BCUT2D eigenvalue weighted by Gasteiger charge is -2.34. The Labute approximate surface area is 189 Å². The number of nitrogens with one attached hydrogen (secondary N) is 1. The summed E-state index contributed by atoms with van der Waals surface area (Å²) in [5.41, 5.74) is 1.07. The van der Waals surface area contributed by atoms with Crippen LogP contribution in [0.3, 0.4) is 0 Å². The van der Waals surface area contributed by atoms with Gasteiger partial charge in [0.05, 0.1) is 24.4 Å². The van der Waals surface area contributed by atoms with E-state index in [-0.39, 0.29) is 16.8 Å². The highest BCUT2D eigenvalue weighted by molar-refractivity contribution is 7.89. The summed E-state index contributed by atoms with van der Waals surface area (Å²) in [6.45, 7) is 4.75. The molecule has 1 fully saturated rings. The zero-order chi connectivity index (χ0) is 22.8. The SMILES string of the molecule is CCOc1ccc(S(=O)(=O)NC2CCC3(CC2)N=CN(Cc2ccccc2)C3=O)cc1C. The number of aliphatic imine (C=N–C) groups is 1. The van der Waals surface area contributed by atoms with Crippen molar-refractivity contribution in [2.24, 2.45) is 4.99 Å². The van der Waals surface area contributed by atoms with Crippen molar-refractivity contribution in [2.75, 3.05) is 6.61 Å². The molecule has 2 aromatic rings. The minimum Gasteiger partial charge on any atom is -0.494 e. The molecule has 2 aliphatic rings. The second-order valence-corrected chi connectivity index (χ2v) is 10.2. The third-order valence-electron chi connectivity index (χ3n) is 6.19. The summed E-state index contributed by atoms with van der Waals surface area (Å²) in [4.78, 5) is 19.5. The van der Waals surface area contributed by atoms with Gasteiger partial charge in [0.25, 0.3) is 5.91 Å². The van der Waals surface area contributed by atoms with Crippen LogP contribution in [0.1, 0.15) is 43.7 Å². The molecule has 0 bridgehead atoms. The fourth-order valence-corrected chi connectivity index (χ4v) is 5.79. The van der Waals surface area contributed by atoms with Crippen LogP contribution in [-0.4, -0.2) is 43.8 Å². The maximum Gasteiger partial charge on any atom is 0.255 e. The molecule has 4 rings (SSSR count). The van der Waals surface area contributed by atoms with Crippen molar-refractivity contribution in [2.45, 2.75) is 62.6 Å². The van der Waals surface area contributed by atoms with Crippen LogP contribution in [0.5, 0.6) is 5.75 Å². The smallest absolute Gasteiger partial charge is 0.255 e. The van der Waals surface area contributed by atoms with Crippen LogP contribution in [0.2, 0.25) is 0 Å². The number of carbonyl (C=O) groups excluding carboxylic acids is 1. The van der Waals surface area contributed by atoms with Crippen molar-refractivity contribution in [3.8, 4) is 5.75 Å². The standard InChI is InChI=1S/C24H29N3O4S/c1-3-31-22-10-9-21(15-18(22)2)32(29,30)26-20-11-13-24(14-12-20)23(28)27(17-25-24)16-19-7-5-4-6-8-19/h4-10,15,17,20,26H,3,11-14,16H2,1-2H3. The summed E-state index contributed by atoms with van der Waals surface area (Å²) in [5, 5.41) is 0. The van der Waals surface area contributed by atoms with Gasteiger partial charge in [0.1, 0.15) is 11.3 Å². The van der Waals surface area contributed by atoms with E-state index in [1.54, 1.807) is 29.4 Å². The van der Waals surface area contributed by atoms with Gasteiger partial charge in [-0.2, -0.15) is 0 Å². The maximum atomic E-state index is 13.1. The highest BCUT2D eigenvalue weighted by Crippen LogP contribution is 2.37. The second kappa shape index (κ2) is 9.03. The molecule has 1 amide bonds. The lowest BCUT2D eigenvalue weighted by atomic mass is 9.80. The van der Waals surface area contributed by atoms with Gasteiger partial charge in [-0.1, -0.05) is 30.3 Å². The number of nitrogens with zero attached hydrogens (tertiary/aromatic N) is 2. The first kappa shape index (κ1) is 22.5. The minimum atomic E-state index is -3.65. The van der Waals surface area contributed by atoms with Crippen LogP contribution in [0, 0.1) is 6.92 Å². The Hall–Kier alpha value is -2.71. The molecular weight excluding hydrogens is 426 g/mol. The Morgan fingerprint density at radius 2 is 1.88 bits per heavy atom. The molecule has 2 aromatic carbocycles. The average Bonchev–Trinajstić information content (AvgIpc) is 3.07. The Kier molecular flexibility index (Phi) is 6.35. The lowest BCUT2D eigenvalue weighted by molar-refractivity contribution is -0.132. The first-order valence-electron chi connectivity index (χ1n) is 11.0. The summed E-state index contributed by atoms with van der Waals surface area (Å²) in [7, 11) is -3.65. The van der Waals surface area contributed by atoms with Crippen molar-refractivity contribution in [3.63, 3.8) is 0 Å². The summed E-state index contributed by atoms with van der Waals surface area (Å²) >= 11 is 0. The molecule has 0 saturated heterocycles. The van der Waals surface area contributed by atoms with Gasteiger partial charge < -0.3 is 4.74 Å². The fraction of sp³-hybridized carbons (Fsp3) is 0.417. The third-order valence-corrected chi connectivity index (χ3v) is 7.71. The molecule has 7 nitrogen and oxygen atoms in total. The number of ether oxygens (including phenoxy) is 1. The van der Waals surface area contributed by atoms with Crippen LogP contribution in [-0.2, 0) is 21.4 Å². The van der Waals surface area contributed by atoms with E-state index in [9.17, 15) is 13.2 Å². The molecule has 1 N–H and O–H groups in total. The van der Waals surface area contributed by atoms with Crippen molar-refractivity contribution < 1.29 is 17.9 Å². The molecule has 0 radical (unpaired) electrons. The summed E-state index contributed by atoms with van der Waals surface area (Å²) in [6, 6.07) is 14.5. The Morgan fingerprint density at radius 1 is 1.16 bits per heavy atom. The molecule has 1 aliphatic heterocycles. The van der Waals surface area contributed by atoms with Crippen LogP contribution < -0.4 is 9.46 Å². The molecular formula is C24H29N3O4S. The molecule has 8 heteroatoms. The van der Waals surface area contributed by atoms with E-state index in [4.69, 9.17) is 4.74 Å². The molecule has 1 aliphatic carbocycles. The number of hydrogen-bond donors (Lipinski definition) is 1. The Balaban J connectivity index is 1.37. The number of aryl methyl sites for hydroxylation is 1. The number of carbonyl (C=O) groups is 1. The quantitative estimate of drug-likeness (QED) is 0.693. The van der Waals surface area contributed by atoms with Crippen LogP contribution in [0.4, 0.5) is 0 Å². The number of benzene rings is 2. The lowest BCUT2D eigenvalue weighted by Crippen LogP contribution is -2.47. The van der Waals surface area contributed by atoms with E-state index < -0.39 is 15.6 Å². The van der Waals surface area contributed by atoms with Gasteiger partial charge in [0.2, 0.25) is 10.0 Å². The van der Waals surface area contributed by atoms with E-state index in [0.29, 0.717) is 44.6 Å². The molecule has 32 heavy (non-hydrogen) atoms. The molecule has 1 saturated carbocycles. The highest BCUT2D eigenvalue weighted by Gasteiger charge is 2.47. The van der Waals surface area contributed by atoms with Gasteiger partial charge >= 0.3 is 0 Å². The Bertz CT molecular complexity index is 1110. The monoisotopic (exact) mass is 455 g/mol. The van der Waals surface area contributed by atoms with Crippen molar-refractivity contribution >= 4 is 22.3 Å². The number of rotatable bonds is 7. The van der Waals surface area contributed by atoms with Gasteiger partial charge in [-0.05, 0) is 68.9 Å². The van der Waals surface area contributed by atoms with Gasteiger partial charge in [-0.25, -0.2) is 13.1 Å². The topological polar surface area (TPSA) is 88.1 Å². The predicted octanol–water partition coefficient (Wildman–Crippen LogP) is 3.42. The van der Waals surface area contributed by atoms with Crippen molar-refractivity contribution in [1.29, 1.82) is 0 Å². The normalized spacial score (nSPS) is 23.1. The average molecular weight is 456 g/mol. The minimum absolute atomic E-state index is 0.00444. The van der Waals surface area contributed by atoms with Crippen molar-refractivity contribution in [3.05, 3.63) is 59.7 Å². The van der Waals surface area contributed by atoms with Crippen LogP contribution in [0.15, 0.2) is 58.4 Å².